The minimum absolute atomic E-state index is 0.159. The predicted octanol–water partition coefficient (Wildman–Crippen LogP) is 5.53. The summed E-state index contributed by atoms with van der Waals surface area (Å²) in [5.41, 5.74) is 3.36. The van der Waals surface area contributed by atoms with Crippen LogP contribution in [0.1, 0.15) is 59.9 Å². The van der Waals surface area contributed by atoms with Crippen molar-refractivity contribution in [3.63, 3.8) is 0 Å². The number of methoxy groups -OCH3 is 2. The molecule has 1 aliphatic carbocycles. The summed E-state index contributed by atoms with van der Waals surface area (Å²) < 4.78 is 12.9. The van der Waals surface area contributed by atoms with Gasteiger partial charge in [-0.15, -0.1) is 0 Å². The lowest BCUT2D eigenvalue weighted by Gasteiger charge is -2.26. The number of hydrogen-bond donors (Lipinski definition) is 1. The van der Waals surface area contributed by atoms with Gasteiger partial charge < -0.3 is 19.4 Å². The second kappa shape index (κ2) is 8.26. The Balaban J connectivity index is 1.89. The summed E-state index contributed by atoms with van der Waals surface area (Å²) in [6.07, 6.45) is 6.18. The Morgan fingerprint density at radius 3 is 2.37 bits per heavy atom. The van der Waals surface area contributed by atoms with Gasteiger partial charge in [0, 0.05) is 29.6 Å². The van der Waals surface area contributed by atoms with E-state index in [1.165, 1.54) is 39.2 Å². The van der Waals surface area contributed by atoms with E-state index < -0.39 is 0 Å². The van der Waals surface area contributed by atoms with Crippen molar-refractivity contribution in [3.8, 4) is 11.5 Å². The van der Waals surface area contributed by atoms with Crippen molar-refractivity contribution in [2.45, 2.75) is 52.0 Å². The second-order valence-corrected chi connectivity index (χ2v) is 7.50. The molecular weight excluding hydrogens is 364 g/mol. The predicted molar refractivity (Wildman–Crippen MR) is 109 cm³/mol. The molecule has 1 aromatic carbocycles. The van der Waals surface area contributed by atoms with Gasteiger partial charge in [0.25, 0.3) is 5.91 Å². The summed E-state index contributed by atoms with van der Waals surface area (Å²) in [5.74, 6) is 0.823. The van der Waals surface area contributed by atoms with Gasteiger partial charge in [-0.3, -0.25) is 4.79 Å². The first-order chi connectivity index (χ1) is 13.0. The highest BCUT2D eigenvalue weighted by atomic mass is 35.5. The summed E-state index contributed by atoms with van der Waals surface area (Å²) in [4.78, 5) is 13.0. The van der Waals surface area contributed by atoms with Crippen molar-refractivity contribution in [2.75, 3.05) is 19.5 Å². The first-order valence-electron chi connectivity index (χ1n) is 9.37. The molecule has 6 heteroatoms. The fourth-order valence-electron chi connectivity index (χ4n) is 4.06. The Morgan fingerprint density at radius 1 is 1.07 bits per heavy atom. The lowest BCUT2D eigenvalue weighted by Crippen LogP contribution is -2.17. The number of amides is 1. The van der Waals surface area contributed by atoms with Crippen LogP contribution in [0.4, 0.5) is 5.69 Å². The summed E-state index contributed by atoms with van der Waals surface area (Å²) in [6, 6.07) is 5.78. The summed E-state index contributed by atoms with van der Waals surface area (Å²) >= 11 is 6.15. The van der Waals surface area contributed by atoms with Crippen molar-refractivity contribution in [3.05, 3.63) is 40.2 Å². The molecular formula is C21H27ClN2O3. The van der Waals surface area contributed by atoms with Crippen LogP contribution in [-0.2, 0) is 0 Å². The molecule has 0 unspecified atom stereocenters. The molecule has 1 N–H and O–H groups in total. The van der Waals surface area contributed by atoms with E-state index in [0.717, 1.165) is 11.4 Å². The van der Waals surface area contributed by atoms with Crippen LogP contribution in [0, 0.1) is 13.8 Å². The maximum absolute atomic E-state index is 13.0. The van der Waals surface area contributed by atoms with Crippen molar-refractivity contribution in [2.24, 2.45) is 0 Å². The first kappa shape index (κ1) is 19.6. The van der Waals surface area contributed by atoms with Crippen LogP contribution < -0.4 is 14.8 Å². The largest absolute Gasteiger partial charge is 0.495 e. The quantitative estimate of drug-likeness (QED) is 0.729. The van der Waals surface area contributed by atoms with Crippen LogP contribution in [0.2, 0.25) is 5.02 Å². The van der Waals surface area contributed by atoms with Crippen LogP contribution in [-0.4, -0.2) is 24.7 Å². The Hall–Kier alpha value is -2.14. The minimum Gasteiger partial charge on any atom is -0.495 e. The van der Waals surface area contributed by atoms with Gasteiger partial charge in [-0.2, -0.15) is 0 Å². The number of nitrogens with one attached hydrogen (secondary N) is 1. The van der Waals surface area contributed by atoms with Crippen LogP contribution in [0.3, 0.4) is 0 Å². The number of aromatic nitrogens is 1. The molecule has 1 heterocycles. The number of carbonyl (C=O) groups is 1. The summed E-state index contributed by atoms with van der Waals surface area (Å²) in [5, 5.41) is 3.38. The Kier molecular flexibility index (Phi) is 6.00. The molecule has 1 saturated carbocycles. The molecule has 2 aromatic rings. The first-order valence-corrected chi connectivity index (χ1v) is 9.75. The van der Waals surface area contributed by atoms with E-state index in [1.54, 1.807) is 19.2 Å². The SMILES string of the molecule is COc1cc(NC(=O)c2cc(C)n(C3CCCCC3)c2C)c(OC)cc1Cl. The van der Waals surface area contributed by atoms with Gasteiger partial charge in [-0.25, -0.2) is 0 Å². The number of aryl methyl sites for hydroxylation is 1. The van der Waals surface area contributed by atoms with E-state index in [1.807, 2.05) is 13.0 Å². The molecule has 1 aliphatic rings. The number of ether oxygens (including phenoxy) is 2. The molecule has 5 nitrogen and oxygen atoms in total. The highest BCUT2D eigenvalue weighted by Crippen LogP contribution is 2.37. The zero-order valence-corrected chi connectivity index (χ0v) is 17.2. The average Bonchev–Trinajstić information content (AvgIpc) is 2.97. The molecule has 0 spiro atoms. The van der Waals surface area contributed by atoms with Gasteiger partial charge in [0.15, 0.2) is 0 Å². The normalized spacial score (nSPS) is 14.9. The van der Waals surface area contributed by atoms with Gasteiger partial charge in [-0.1, -0.05) is 30.9 Å². The smallest absolute Gasteiger partial charge is 0.257 e. The third-order valence-electron chi connectivity index (χ3n) is 5.39. The number of rotatable bonds is 5. The number of anilines is 1. The maximum atomic E-state index is 13.0. The molecule has 146 valence electrons. The number of nitrogens with zero attached hydrogens (tertiary/aromatic N) is 1. The van der Waals surface area contributed by atoms with E-state index in [0.29, 0.717) is 33.8 Å². The van der Waals surface area contributed by atoms with Crippen LogP contribution >= 0.6 is 11.6 Å². The standard InChI is InChI=1S/C21H27ClN2O3/c1-13-10-16(14(2)24(13)15-8-6-5-7-9-15)21(25)23-18-12-19(26-3)17(22)11-20(18)27-4/h10-12,15H,5-9H2,1-4H3,(H,23,25). The molecule has 1 amide bonds. The van der Waals surface area contributed by atoms with Crippen LogP contribution in [0.25, 0.3) is 0 Å². The summed E-state index contributed by atoms with van der Waals surface area (Å²) in [7, 11) is 3.08. The van der Waals surface area contributed by atoms with Gasteiger partial charge in [0.1, 0.15) is 11.5 Å². The van der Waals surface area contributed by atoms with Crippen molar-refractivity contribution in [1.29, 1.82) is 0 Å². The maximum Gasteiger partial charge on any atom is 0.257 e. The lowest BCUT2D eigenvalue weighted by molar-refractivity contribution is 0.102. The average molecular weight is 391 g/mol. The van der Waals surface area contributed by atoms with Crippen molar-refractivity contribution >= 4 is 23.2 Å². The molecule has 27 heavy (non-hydrogen) atoms. The van der Waals surface area contributed by atoms with Gasteiger partial charge >= 0.3 is 0 Å². The number of halogens is 1. The fraction of sp³-hybridized carbons (Fsp3) is 0.476. The van der Waals surface area contributed by atoms with Gasteiger partial charge in [0.2, 0.25) is 0 Å². The third-order valence-corrected chi connectivity index (χ3v) is 5.69. The Labute approximate surface area is 165 Å². The van der Waals surface area contributed by atoms with Crippen molar-refractivity contribution in [1.82, 2.24) is 4.57 Å². The molecule has 0 bridgehead atoms. The highest BCUT2D eigenvalue weighted by Gasteiger charge is 2.23. The Morgan fingerprint density at radius 2 is 1.74 bits per heavy atom. The monoisotopic (exact) mass is 390 g/mol. The lowest BCUT2D eigenvalue weighted by atomic mass is 9.95. The number of hydrogen-bond acceptors (Lipinski definition) is 3. The topological polar surface area (TPSA) is 52.5 Å². The van der Waals surface area contributed by atoms with Crippen molar-refractivity contribution < 1.29 is 14.3 Å². The molecule has 0 atom stereocenters. The fourth-order valence-corrected chi connectivity index (χ4v) is 4.29. The van der Waals surface area contributed by atoms with E-state index >= 15 is 0 Å². The van der Waals surface area contributed by atoms with Gasteiger partial charge in [0.05, 0.1) is 30.5 Å². The van der Waals surface area contributed by atoms with E-state index in [2.05, 4.69) is 16.8 Å². The third kappa shape index (κ3) is 3.93. The molecule has 1 aromatic heterocycles. The molecule has 0 aliphatic heterocycles. The zero-order valence-electron chi connectivity index (χ0n) is 16.4. The number of benzene rings is 1. The Bertz CT molecular complexity index is 838. The van der Waals surface area contributed by atoms with Gasteiger partial charge in [-0.05, 0) is 32.8 Å². The molecule has 0 radical (unpaired) electrons. The van der Waals surface area contributed by atoms with Crippen LogP contribution in [0.5, 0.6) is 11.5 Å². The van der Waals surface area contributed by atoms with E-state index in [4.69, 9.17) is 21.1 Å². The molecule has 3 rings (SSSR count). The summed E-state index contributed by atoms with van der Waals surface area (Å²) in [6.45, 7) is 4.10. The van der Waals surface area contributed by atoms with E-state index in [-0.39, 0.29) is 5.91 Å². The number of carbonyl (C=O) groups excluding carboxylic acids is 1. The molecule has 0 saturated heterocycles. The second-order valence-electron chi connectivity index (χ2n) is 7.09. The molecule has 1 fully saturated rings. The van der Waals surface area contributed by atoms with E-state index in [9.17, 15) is 4.79 Å². The zero-order chi connectivity index (χ0) is 19.6. The van der Waals surface area contributed by atoms with Crippen LogP contribution in [0.15, 0.2) is 18.2 Å². The highest BCUT2D eigenvalue weighted by molar-refractivity contribution is 6.32. The minimum atomic E-state index is -0.159.